The molecule has 1 aromatic carbocycles. The van der Waals surface area contributed by atoms with E-state index < -0.39 is 10.1 Å². The molecule has 0 radical (unpaired) electrons. The predicted molar refractivity (Wildman–Crippen MR) is 95.4 cm³/mol. The summed E-state index contributed by atoms with van der Waals surface area (Å²) in [7, 11) is -1.51. The van der Waals surface area contributed by atoms with Crippen LogP contribution in [0.3, 0.4) is 0 Å². The maximum atomic E-state index is 12.6. The molecule has 2 aliphatic rings. The number of nitrogens with zero attached hydrogens (tertiary/aromatic N) is 1. The lowest BCUT2D eigenvalue weighted by molar-refractivity contribution is -0.0877. The number of hydrogen-bond acceptors (Lipinski definition) is 4. The van der Waals surface area contributed by atoms with E-state index in [1.54, 1.807) is 12.1 Å². The predicted octanol–water partition coefficient (Wildman–Crippen LogP) is 3.60. The summed E-state index contributed by atoms with van der Waals surface area (Å²) in [6, 6.07) is 6.89. The summed E-state index contributed by atoms with van der Waals surface area (Å²) in [6.07, 6.45) is 3.54. The molecule has 3 atom stereocenters. The molecule has 24 heavy (non-hydrogen) atoms. The van der Waals surface area contributed by atoms with Gasteiger partial charge in [-0.2, -0.15) is 8.42 Å². The van der Waals surface area contributed by atoms with E-state index in [1.807, 2.05) is 19.1 Å². The molecular weight excluding hydrogens is 322 g/mol. The van der Waals surface area contributed by atoms with Crippen molar-refractivity contribution in [2.75, 3.05) is 20.1 Å². The first kappa shape index (κ1) is 17.9. The van der Waals surface area contributed by atoms with E-state index in [0.29, 0.717) is 0 Å². The number of aryl methyl sites for hydroxylation is 1. The van der Waals surface area contributed by atoms with Gasteiger partial charge in [0.05, 0.1) is 11.0 Å². The van der Waals surface area contributed by atoms with Crippen LogP contribution in [0.2, 0.25) is 0 Å². The van der Waals surface area contributed by atoms with Gasteiger partial charge in [0.25, 0.3) is 10.1 Å². The number of hydrogen-bond donors (Lipinski definition) is 0. The number of piperidine rings is 1. The van der Waals surface area contributed by atoms with Crippen molar-refractivity contribution in [1.29, 1.82) is 0 Å². The topological polar surface area (TPSA) is 46.6 Å². The first-order chi connectivity index (χ1) is 11.1. The molecule has 1 aromatic rings. The van der Waals surface area contributed by atoms with Gasteiger partial charge in [0.15, 0.2) is 0 Å². The van der Waals surface area contributed by atoms with Crippen molar-refractivity contribution in [3.05, 3.63) is 29.8 Å². The van der Waals surface area contributed by atoms with Gasteiger partial charge in [0.1, 0.15) is 0 Å². The smallest absolute Gasteiger partial charge is 0.297 e. The molecular formula is C19H29NO3S. The van der Waals surface area contributed by atoms with Crippen molar-refractivity contribution in [2.24, 2.45) is 10.8 Å². The standard InChI is InChI=1S/C19H29NO3S/c1-15-5-7-17(8-6-15)24(21,22)23-16-9-10-19(3)14-20(4)12-11-18(19,2)13-16/h5-8,16H,9-14H2,1-4H3/t16-,18-,19-/m0/s1. The molecule has 1 aliphatic heterocycles. The van der Waals surface area contributed by atoms with Crippen LogP contribution in [0.5, 0.6) is 0 Å². The van der Waals surface area contributed by atoms with Gasteiger partial charge in [-0.1, -0.05) is 31.5 Å². The minimum absolute atomic E-state index is 0.144. The minimum Gasteiger partial charge on any atom is -0.306 e. The van der Waals surface area contributed by atoms with E-state index >= 15 is 0 Å². The Morgan fingerprint density at radius 1 is 1.12 bits per heavy atom. The monoisotopic (exact) mass is 351 g/mol. The second-order valence-electron chi connectivity index (χ2n) is 8.34. The number of fused-ring (bicyclic) bond motifs is 1. The minimum atomic E-state index is -3.68. The maximum absolute atomic E-state index is 12.6. The molecule has 0 N–H and O–H groups in total. The van der Waals surface area contributed by atoms with Gasteiger partial charge in [-0.3, -0.25) is 4.18 Å². The second-order valence-corrected chi connectivity index (χ2v) is 9.91. The van der Waals surface area contributed by atoms with E-state index in [-0.39, 0.29) is 21.8 Å². The first-order valence-electron chi connectivity index (χ1n) is 8.82. The lowest BCUT2D eigenvalue weighted by Crippen LogP contribution is -2.55. The molecule has 0 aromatic heterocycles. The summed E-state index contributed by atoms with van der Waals surface area (Å²) >= 11 is 0. The van der Waals surface area contributed by atoms with Crippen LogP contribution in [0.25, 0.3) is 0 Å². The zero-order valence-electron chi connectivity index (χ0n) is 15.2. The van der Waals surface area contributed by atoms with E-state index in [2.05, 4.69) is 25.8 Å². The van der Waals surface area contributed by atoms with Crippen molar-refractivity contribution in [3.63, 3.8) is 0 Å². The van der Waals surface area contributed by atoms with Gasteiger partial charge >= 0.3 is 0 Å². The van der Waals surface area contributed by atoms with Crippen LogP contribution in [-0.2, 0) is 14.3 Å². The van der Waals surface area contributed by atoms with Crippen LogP contribution in [0.4, 0.5) is 0 Å². The van der Waals surface area contributed by atoms with Gasteiger partial charge in [-0.15, -0.1) is 0 Å². The van der Waals surface area contributed by atoms with Crippen LogP contribution < -0.4 is 0 Å². The van der Waals surface area contributed by atoms with Gasteiger partial charge in [-0.05, 0) is 69.2 Å². The Bertz CT molecular complexity index is 700. The largest absolute Gasteiger partial charge is 0.306 e. The summed E-state index contributed by atoms with van der Waals surface area (Å²) in [5.41, 5.74) is 1.43. The first-order valence-corrected chi connectivity index (χ1v) is 10.2. The Morgan fingerprint density at radius 3 is 2.46 bits per heavy atom. The van der Waals surface area contributed by atoms with Gasteiger partial charge in [-0.25, -0.2) is 0 Å². The van der Waals surface area contributed by atoms with Crippen molar-refractivity contribution < 1.29 is 12.6 Å². The molecule has 0 bridgehead atoms. The molecule has 0 amide bonds. The molecule has 2 fully saturated rings. The lowest BCUT2D eigenvalue weighted by atomic mass is 9.54. The highest BCUT2D eigenvalue weighted by atomic mass is 32.2. The SMILES string of the molecule is Cc1ccc(S(=O)(=O)O[C@H]2CC[C@@]3(C)CN(C)CC[C@@]3(C)C2)cc1. The van der Waals surface area contributed by atoms with Crippen LogP contribution >= 0.6 is 0 Å². The van der Waals surface area contributed by atoms with Gasteiger partial charge < -0.3 is 4.90 Å². The molecule has 3 rings (SSSR count). The molecule has 1 saturated heterocycles. The molecule has 1 heterocycles. The van der Waals surface area contributed by atoms with Gasteiger partial charge in [0.2, 0.25) is 0 Å². The molecule has 5 heteroatoms. The van der Waals surface area contributed by atoms with Crippen molar-refractivity contribution in [2.45, 2.75) is 57.5 Å². The lowest BCUT2D eigenvalue weighted by Gasteiger charge is -2.57. The van der Waals surface area contributed by atoms with Crippen LogP contribution in [0, 0.1) is 17.8 Å². The summed E-state index contributed by atoms with van der Waals surface area (Å²) in [6.45, 7) is 8.77. The number of benzene rings is 1. The average Bonchev–Trinajstić information content (AvgIpc) is 2.49. The molecule has 1 saturated carbocycles. The highest BCUT2D eigenvalue weighted by Gasteiger charge is 2.52. The molecule has 4 nitrogen and oxygen atoms in total. The fourth-order valence-corrected chi connectivity index (χ4v) is 5.54. The van der Waals surface area contributed by atoms with Crippen LogP contribution in [0.15, 0.2) is 29.2 Å². The van der Waals surface area contributed by atoms with E-state index in [4.69, 9.17) is 4.18 Å². The maximum Gasteiger partial charge on any atom is 0.297 e. The summed E-state index contributed by atoms with van der Waals surface area (Å²) in [5, 5.41) is 0. The fourth-order valence-electron chi connectivity index (χ4n) is 4.44. The highest BCUT2D eigenvalue weighted by Crippen LogP contribution is 2.55. The summed E-state index contributed by atoms with van der Waals surface area (Å²) in [4.78, 5) is 2.65. The van der Waals surface area contributed by atoms with Crippen LogP contribution in [0.1, 0.15) is 45.1 Å². The number of likely N-dealkylation sites (tertiary alicyclic amines) is 1. The summed E-state index contributed by atoms with van der Waals surface area (Å²) < 4.78 is 30.8. The Morgan fingerprint density at radius 2 is 1.79 bits per heavy atom. The Hall–Kier alpha value is -0.910. The average molecular weight is 352 g/mol. The third kappa shape index (κ3) is 3.26. The fraction of sp³-hybridized carbons (Fsp3) is 0.684. The Labute approximate surface area is 146 Å². The quantitative estimate of drug-likeness (QED) is 0.781. The number of rotatable bonds is 3. The zero-order valence-corrected chi connectivity index (χ0v) is 16.0. The van der Waals surface area contributed by atoms with Crippen molar-refractivity contribution in [3.8, 4) is 0 Å². The van der Waals surface area contributed by atoms with Crippen molar-refractivity contribution >= 4 is 10.1 Å². The Kier molecular flexibility index (Phi) is 4.56. The molecule has 134 valence electrons. The normalized spacial score (nSPS) is 34.8. The van der Waals surface area contributed by atoms with Crippen LogP contribution in [-0.4, -0.2) is 39.6 Å². The third-order valence-electron chi connectivity index (χ3n) is 6.39. The van der Waals surface area contributed by atoms with E-state index in [9.17, 15) is 8.42 Å². The molecule has 1 aliphatic carbocycles. The molecule has 0 spiro atoms. The highest BCUT2D eigenvalue weighted by molar-refractivity contribution is 7.86. The summed E-state index contributed by atoms with van der Waals surface area (Å²) in [5.74, 6) is 0. The van der Waals surface area contributed by atoms with E-state index in [1.165, 1.54) is 0 Å². The molecule has 0 unspecified atom stereocenters. The second kappa shape index (κ2) is 6.11. The van der Waals surface area contributed by atoms with Gasteiger partial charge in [0, 0.05) is 6.54 Å². The Balaban J connectivity index is 1.75. The van der Waals surface area contributed by atoms with E-state index in [0.717, 1.165) is 44.3 Å². The third-order valence-corrected chi connectivity index (χ3v) is 7.77. The van der Waals surface area contributed by atoms with Crippen molar-refractivity contribution in [1.82, 2.24) is 4.90 Å². The zero-order chi connectivity index (χ0) is 17.6.